The van der Waals surface area contributed by atoms with E-state index in [2.05, 4.69) is 18.4 Å². The molecule has 1 unspecified atom stereocenters. The van der Waals surface area contributed by atoms with Gasteiger partial charge in [-0.15, -0.1) is 0 Å². The zero-order chi connectivity index (χ0) is 9.68. The van der Waals surface area contributed by atoms with Gasteiger partial charge in [0, 0.05) is 0 Å². The fraction of sp³-hybridized carbons (Fsp3) is 0.167. The monoisotopic (exact) mass is 172 g/mol. The molecule has 1 heteroatoms. The van der Waals surface area contributed by atoms with Gasteiger partial charge in [-0.2, -0.15) is 0 Å². The maximum absolute atomic E-state index is 9.55. The molecule has 13 heavy (non-hydrogen) atoms. The lowest BCUT2D eigenvalue weighted by atomic mass is 10.1. The van der Waals surface area contributed by atoms with Crippen molar-refractivity contribution in [2.24, 2.45) is 0 Å². The fourth-order valence-corrected chi connectivity index (χ4v) is 0.910. The lowest BCUT2D eigenvalue weighted by molar-refractivity contribution is 0.238. The number of hydrogen-bond donors (Lipinski definition) is 1. The Labute approximate surface area is 78.7 Å². The molecule has 0 saturated heterocycles. The zero-order valence-corrected chi connectivity index (χ0v) is 7.62. The van der Waals surface area contributed by atoms with Crippen LogP contribution >= 0.6 is 0 Å². The van der Waals surface area contributed by atoms with E-state index in [1.54, 1.807) is 0 Å². The van der Waals surface area contributed by atoms with Gasteiger partial charge in [-0.3, -0.25) is 0 Å². The maximum atomic E-state index is 9.55. The summed E-state index contributed by atoms with van der Waals surface area (Å²) < 4.78 is 0. The second-order valence-corrected chi connectivity index (χ2v) is 2.86. The minimum Gasteiger partial charge on any atom is -0.376 e. The first-order valence-corrected chi connectivity index (χ1v) is 4.10. The van der Waals surface area contributed by atoms with Crippen molar-refractivity contribution >= 4 is 0 Å². The normalized spacial score (nSPS) is 11.2. The number of aliphatic hydroxyl groups is 1. The van der Waals surface area contributed by atoms with E-state index in [4.69, 9.17) is 0 Å². The van der Waals surface area contributed by atoms with Gasteiger partial charge in [-0.05, 0) is 18.1 Å². The quantitative estimate of drug-likeness (QED) is 0.644. The molecule has 0 aliphatic carbocycles. The highest BCUT2D eigenvalue weighted by Crippen LogP contribution is 2.10. The van der Waals surface area contributed by atoms with Crippen molar-refractivity contribution in [3.05, 3.63) is 48.0 Å². The first-order valence-electron chi connectivity index (χ1n) is 4.10. The molecule has 0 spiro atoms. The van der Waals surface area contributed by atoms with E-state index in [1.165, 1.54) is 0 Å². The highest BCUT2D eigenvalue weighted by molar-refractivity contribution is 5.30. The Hall–Kier alpha value is -1.52. The average Bonchev–Trinajstić information content (AvgIpc) is 2.15. The smallest absolute Gasteiger partial charge is 0.140 e. The molecule has 0 aliphatic heterocycles. The van der Waals surface area contributed by atoms with Crippen molar-refractivity contribution in [1.82, 2.24) is 0 Å². The Morgan fingerprint density at radius 2 is 2.00 bits per heavy atom. The van der Waals surface area contributed by atoms with E-state index in [9.17, 15) is 5.11 Å². The second-order valence-electron chi connectivity index (χ2n) is 2.86. The maximum Gasteiger partial charge on any atom is 0.140 e. The van der Waals surface area contributed by atoms with Crippen LogP contribution < -0.4 is 0 Å². The van der Waals surface area contributed by atoms with E-state index in [0.29, 0.717) is 0 Å². The van der Waals surface area contributed by atoms with Crippen LogP contribution in [0.1, 0.15) is 18.6 Å². The van der Waals surface area contributed by atoms with Gasteiger partial charge in [0.2, 0.25) is 0 Å². The minimum atomic E-state index is -0.710. The molecule has 1 N–H and O–H groups in total. The zero-order valence-electron chi connectivity index (χ0n) is 7.62. The van der Waals surface area contributed by atoms with Gasteiger partial charge in [-0.1, -0.05) is 48.8 Å². The Morgan fingerprint density at radius 3 is 2.54 bits per heavy atom. The van der Waals surface area contributed by atoms with Gasteiger partial charge < -0.3 is 5.11 Å². The number of allylic oxidation sites excluding steroid dienone is 1. The van der Waals surface area contributed by atoms with Crippen LogP contribution in [0.2, 0.25) is 0 Å². The number of benzene rings is 1. The van der Waals surface area contributed by atoms with Crippen molar-refractivity contribution in [3.8, 4) is 11.8 Å². The molecule has 0 aliphatic rings. The third-order valence-electron chi connectivity index (χ3n) is 1.54. The predicted octanol–water partition coefficient (Wildman–Crippen LogP) is 2.30. The van der Waals surface area contributed by atoms with Gasteiger partial charge >= 0.3 is 0 Å². The largest absolute Gasteiger partial charge is 0.376 e. The van der Waals surface area contributed by atoms with Crippen LogP contribution in [0, 0.1) is 11.8 Å². The van der Waals surface area contributed by atoms with Crippen LogP contribution in [0.5, 0.6) is 0 Å². The van der Waals surface area contributed by atoms with Gasteiger partial charge in [0.25, 0.3) is 0 Å². The molecule has 0 saturated carbocycles. The second kappa shape index (κ2) is 4.49. The summed E-state index contributed by atoms with van der Waals surface area (Å²) in [6, 6.07) is 9.35. The van der Waals surface area contributed by atoms with Crippen LogP contribution in [-0.2, 0) is 0 Å². The van der Waals surface area contributed by atoms with E-state index in [0.717, 1.165) is 11.1 Å². The van der Waals surface area contributed by atoms with Crippen molar-refractivity contribution in [2.45, 2.75) is 13.0 Å². The fourth-order valence-electron chi connectivity index (χ4n) is 0.910. The molecule has 1 rings (SSSR count). The van der Waals surface area contributed by atoms with Crippen LogP contribution in [0.15, 0.2) is 42.5 Å². The molecular formula is C12H12O. The summed E-state index contributed by atoms with van der Waals surface area (Å²) >= 11 is 0. The average molecular weight is 172 g/mol. The summed E-state index contributed by atoms with van der Waals surface area (Å²) in [5, 5.41) is 9.55. The van der Waals surface area contributed by atoms with Crippen LogP contribution in [0.3, 0.4) is 0 Å². The topological polar surface area (TPSA) is 20.2 Å². The Morgan fingerprint density at radius 1 is 1.38 bits per heavy atom. The number of hydrogen-bond acceptors (Lipinski definition) is 1. The van der Waals surface area contributed by atoms with Gasteiger partial charge in [0.15, 0.2) is 0 Å². The molecule has 1 nitrogen and oxygen atoms in total. The summed E-state index contributed by atoms with van der Waals surface area (Å²) in [5.41, 5.74) is 1.58. The van der Waals surface area contributed by atoms with Crippen LogP contribution in [0.25, 0.3) is 0 Å². The first-order chi connectivity index (χ1) is 6.20. The summed E-state index contributed by atoms with van der Waals surface area (Å²) in [5.74, 6) is 5.45. The molecule has 0 fully saturated rings. The summed E-state index contributed by atoms with van der Waals surface area (Å²) in [7, 11) is 0. The molecule has 0 heterocycles. The van der Waals surface area contributed by atoms with Gasteiger partial charge in [0.1, 0.15) is 6.10 Å². The van der Waals surface area contributed by atoms with E-state index in [-0.39, 0.29) is 0 Å². The van der Waals surface area contributed by atoms with E-state index < -0.39 is 6.10 Å². The van der Waals surface area contributed by atoms with Crippen LogP contribution in [-0.4, -0.2) is 5.11 Å². The number of aliphatic hydroxyl groups excluding tert-OH is 1. The molecule has 1 atom stereocenters. The van der Waals surface area contributed by atoms with E-state index in [1.807, 2.05) is 37.3 Å². The minimum absolute atomic E-state index is 0.710. The third-order valence-corrected chi connectivity index (χ3v) is 1.54. The van der Waals surface area contributed by atoms with Crippen molar-refractivity contribution in [2.75, 3.05) is 0 Å². The Balaban J connectivity index is 2.77. The summed E-state index contributed by atoms with van der Waals surface area (Å²) in [6.07, 6.45) is -0.710. The molecule has 66 valence electrons. The van der Waals surface area contributed by atoms with E-state index >= 15 is 0 Å². The van der Waals surface area contributed by atoms with Gasteiger partial charge in [-0.25, -0.2) is 0 Å². The van der Waals surface area contributed by atoms with Crippen LogP contribution in [0.4, 0.5) is 0 Å². The Kier molecular flexibility index (Phi) is 3.31. The third kappa shape index (κ3) is 3.14. The summed E-state index contributed by atoms with van der Waals surface area (Å²) in [4.78, 5) is 0. The lowest BCUT2D eigenvalue weighted by Crippen LogP contribution is -1.92. The predicted molar refractivity (Wildman–Crippen MR) is 54.0 cm³/mol. The molecule has 0 amide bonds. The number of rotatable bonds is 1. The molecule has 1 aromatic rings. The van der Waals surface area contributed by atoms with Gasteiger partial charge in [0.05, 0.1) is 0 Å². The molecule has 0 radical (unpaired) electrons. The highest BCUT2D eigenvalue weighted by Gasteiger charge is 2.00. The van der Waals surface area contributed by atoms with Crippen molar-refractivity contribution in [3.63, 3.8) is 0 Å². The lowest BCUT2D eigenvalue weighted by Gasteiger charge is -2.01. The molecular weight excluding hydrogens is 160 g/mol. The summed E-state index contributed by atoms with van der Waals surface area (Å²) in [6.45, 7) is 5.45. The Bertz CT molecular complexity index is 340. The highest BCUT2D eigenvalue weighted by atomic mass is 16.3. The standard InChI is InChI=1S/C12H12O/c1-10(2)8-9-12(13)11-6-4-3-5-7-11/h3-7,12-13H,1H2,2H3. The molecule has 0 aromatic heterocycles. The van der Waals surface area contributed by atoms with Crippen molar-refractivity contribution < 1.29 is 5.11 Å². The SMILES string of the molecule is C=C(C)C#CC(O)c1ccccc1. The van der Waals surface area contributed by atoms with Crippen molar-refractivity contribution in [1.29, 1.82) is 0 Å². The first kappa shape index (κ1) is 9.57. The molecule has 1 aromatic carbocycles. The molecule has 0 bridgehead atoms.